The quantitative estimate of drug-likeness (QED) is 0.787. The molecule has 2 aromatic carbocycles. The van der Waals surface area contributed by atoms with Crippen molar-refractivity contribution in [3.8, 4) is 5.75 Å². The lowest BCUT2D eigenvalue weighted by Gasteiger charge is -2.37. The average molecular weight is 393 g/mol. The van der Waals surface area contributed by atoms with Crippen molar-refractivity contribution >= 4 is 5.91 Å². The van der Waals surface area contributed by atoms with E-state index in [4.69, 9.17) is 4.74 Å². The molecule has 0 aromatic heterocycles. The predicted molar refractivity (Wildman–Crippen MR) is 116 cm³/mol. The molecular formula is C25H32N2O2. The van der Waals surface area contributed by atoms with E-state index in [0.29, 0.717) is 5.56 Å². The summed E-state index contributed by atoms with van der Waals surface area (Å²) in [4.78, 5) is 15.4. The molecule has 1 fully saturated rings. The van der Waals surface area contributed by atoms with E-state index >= 15 is 0 Å². The van der Waals surface area contributed by atoms with E-state index in [1.165, 1.54) is 44.3 Å². The van der Waals surface area contributed by atoms with Gasteiger partial charge in [-0.3, -0.25) is 9.69 Å². The van der Waals surface area contributed by atoms with Crippen LogP contribution >= 0.6 is 0 Å². The molecule has 4 nitrogen and oxygen atoms in total. The molecule has 154 valence electrons. The summed E-state index contributed by atoms with van der Waals surface area (Å²) in [6.45, 7) is 7.48. The third-order valence-corrected chi connectivity index (χ3v) is 6.00. The SMILES string of the molecule is CC1(C)C[C@@H](NC(=O)c2ccc(CN3CCCCCC3)cc2)c2ccccc2O1. The van der Waals surface area contributed by atoms with E-state index in [-0.39, 0.29) is 17.6 Å². The van der Waals surface area contributed by atoms with Gasteiger partial charge in [0.2, 0.25) is 0 Å². The van der Waals surface area contributed by atoms with E-state index in [0.717, 1.165) is 24.3 Å². The molecule has 4 heteroatoms. The Hall–Kier alpha value is -2.33. The summed E-state index contributed by atoms with van der Waals surface area (Å²) in [5.74, 6) is 0.839. The van der Waals surface area contributed by atoms with Crippen molar-refractivity contribution in [1.82, 2.24) is 10.2 Å². The lowest BCUT2D eigenvalue weighted by molar-refractivity contribution is 0.0619. The highest BCUT2D eigenvalue weighted by Crippen LogP contribution is 2.39. The summed E-state index contributed by atoms with van der Waals surface area (Å²) in [5.41, 5.74) is 2.74. The first-order valence-electron chi connectivity index (χ1n) is 10.9. The zero-order valence-electron chi connectivity index (χ0n) is 17.6. The van der Waals surface area contributed by atoms with E-state index in [9.17, 15) is 4.79 Å². The van der Waals surface area contributed by atoms with Crippen molar-refractivity contribution in [1.29, 1.82) is 0 Å². The maximum Gasteiger partial charge on any atom is 0.251 e. The van der Waals surface area contributed by atoms with Crippen molar-refractivity contribution in [2.45, 2.75) is 64.1 Å². The third-order valence-electron chi connectivity index (χ3n) is 6.00. The summed E-state index contributed by atoms with van der Waals surface area (Å²) < 4.78 is 6.08. The second-order valence-corrected chi connectivity index (χ2v) is 9.02. The van der Waals surface area contributed by atoms with Crippen LogP contribution in [0.15, 0.2) is 48.5 Å². The number of para-hydroxylation sites is 1. The van der Waals surface area contributed by atoms with Gasteiger partial charge in [-0.1, -0.05) is 43.2 Å². The molecule has 2 aromatic rings. The summed E-state index contributed by atoms with van der Waals surface area (Å²) in [5, 5.41) is 3.23. The number of hydrogen-bond acceptors (Lipinski definition) is 3. The van der Waals surface area contributed by atoms with E-state index in [1.807, 2.05) is 36.4 Å². The molecule has 1 N–H and O–H groups in total. The Kier molecular flexibility index (Phi) is 5.91. The van der Waals surface area contributed by atoms with Crippen LogP contribution in [0.5, 0.6) is 5.75 Å². The third kappa shape index (κ3) is 4.99. The normalized spacial score (nSPS) is 21.5. The van der Waals surface area contributed by atoms with Crippen LogP contribution in [0.4, 0.5) is 0 Å². The predicted octanol–water partition coefficient (Wildman–Crippen LogP) is 5.09. The number of benzene rings is 2. The Balaban J connectivity index is 1.42. The highest BCUT2D eigenvalue weighted by molar-refractivity contribution is 5.94. The van der Waals surface area contributed by atoms with Gasteiger partial charge in [0.25, 0.3) is 5.91 Å². The number of fused-ring (bicyclic) bond motifs is 1. The number of nitrogens with zero attached hydrogens (tertiary/aromatic N) is 1. The molecule has 1 amide bonds. The van der Waals surface area contributed by atoms with Gasteiger partial charge in [0.1, 0.15) is 11.4 Å². The number of hydrogen-bond donors (Lipinski definition) is 1. The zero-order valence-corrected chi connectivity index (χ0v) is 17.6. The summed E-state index contributed by atoms with van der Waals surface area (Å²) in [6.07, 6.45) is 6.04. The van der Waals surface area contributed by atoms with Gasteiger partial charge < -0.3 is 10.1 Å². The molecule has 1 atom stereocenters. The maximum absolute atomic E-state index is 12.9. The lowest BCUT2D eigenvalue weighted by atomic mass is 9.89. The van der Waals surface area contributed by atoms with E-state index < -0.39 is 0 Å². The fourth-order valence-electron chi connectivity index (χ4n) is 4.49. The molecule has 0 unspecified atom stereocenters. The number of carbonyl (C=O) groups is 1. The fourth-order valence-corrected chi connectivity index (χ4v) is 4.49. The number of ether oxygens (including phenoxy) is 1. The number of amides is 1. The minimum atomic E-state index is -0.302. The van der Waals surface area contributed by atoms with Crippen LogP contribution in [0.2, 0.25) is 0 Å². The number of carbonyl (C=O) groups excluding carboxylic acids is 1. The molecule has 0 aliphatic carbocycles. The van der Waals surface area contributed by atoms with Crippen LogP contribution in [0.1, 0.15) is 73.5 Å². The Morgan fingerprint density at radius 1 is 1.03 bits per heavy atom. The number of likely N-dealkylation sites (tertiary alicyclic amines) is 1. The minimum Gasteiger partial charge on any atom is -0.487 e. The summed E-state index contributed by atoms with van der Waals surface area (Å²) in [7, 11) is 0. The van der Waals surface area contributed by atoms with Crippen LogP contribution in [0, 0.1) is 0 Å². The molecule has 29 heavy (non-hydrogen) atoms. The van der Waals surface area contributed by atoms with Crippen molar-refractivity contribution in [3.63, 3.8) is 0 Å². The van der Waals surface area contributed by atoms with Gasteiger partial charge in [0.15, 0.2) is 0 Å². The van der Waals surface area contributed by atoms with Crippen LogP contribution < -0.4 is 10.1 Å². The monoisotopic (exact) mass is 392 g/mol. The molecule has 4 rings (SSSR count). The molecule has 0 saturated carbocycles. The van der Waals surface area contributed by atoms with Crippen LogP contribution in [-0.4, -0.2) is 29.5 Å². The highest BCUT2D eigenvalue weighted by atomic mass is 16.5. The first-order valence-corrected chi connectivity index (χ1v) is 10.9. The summed E-state index contributed by atoms with van der Waals surface area (Å²) >= 11 is 0. The summed E-state index contributed by atoms with van der Waals surface area (Å²) in [6, 6.07) is 16.1. The first-order chi connectivity index (χ1) is 14.0. The second kappa shape index (κ2) is 8.58. The molecule has 0 radical (unpaired) electrons. The largest absolute Gasteiger partial charge is 0.487 e. The Morgan fingerprint density at radius 2 is 1.72 bits per heavy atom. The topological polar surface area (TPSA) is 41.6 Å². The average Bonchev–Trinajstić information content (AvgIpc) is 2.96. The van der Waals surface area contributed by atoms with Crippen LogP contribution in [-0.2, 0) is 6.54 Å². The molecule has 0 spiro atoms. The molecule has 0 bridgehead atoms. The fraction of sp³-hybridized carbons (Fsp3) is 0.480. The molecule has 2 aliphatic heterocycles. The number of nitrogens with one attached hydrogen (secondary N) is 1. The zero-order chi connectivity index (χ0) is 20.3. The molecular weight excluding hydrogens is 360 g/mol. The van der Waals surface area contributed by atoms with Crippen molar-refractivity contribution in [3.05, 3.63) is 65.2 Å². The maximum atomic E-state index is 12.9. The van der Waals surface area contributed by atoms with Crippen molar-refractivity contribution in [2.75, 3.05) is 13.1 Å². The lowest BCUT2D eigenvalue weighted by Crippen LogP contribution is -2.41. The molecule has 1 saturated heterocycles. The first kappa shape index (κ1) is 20.0. The van der Waals surface area contributed by atoms with Gasteiger partial charge in [-0.2, -0.15) is 0 Å². The van der Waals surface area contributed by atoms with Crippen LogP contribution in [0.3, 0.4) is 0 Å². The van der Waals surface area contributed by atoms with Gasteiger partial charge in [0, 0.05) is 24.1 Å². The van der Waals surface area contributed by atoms with E-state index in [1.54, 1.807) is 0 Å². The van der Waals surface area contributed by atoms with Gasteiger partial charge >= 0.3 is 0 Å². The van der Waals surface area contributed by atoms with Gasteiger partial charge in [-0.15, -0.1) is 0 Å². The van der Waals surface area contributed by atoms with Gasteiger partial charge in [-0.25, -0.2) is 0 Å². The molecule has 2 aliphatic rings. The number of rotatable bonds is 4. The van der Waals surface area contributed by atoms with Gasteiger partial charge in [0.05, 0.1) is 6.04 Å². The Bertz CT molecular complexity index is 836. The van der Waals surface area contributed by atoms with E-state index in [2.05, 4.69) is 36.2 Å². The van der Waals surface area contributed by atoms with Crippen LogP contribution in [0.25, 0.3) is 0 Å². The van der Waals surface area contributed by atoms with Crippen molar-refractivity contribution < 1.29 is 9.53 Å². The highest BCUT2D eigenvalue weighted by Gasteiger charge is 2.34. The molecule has 2 heterocycles. The van der Waals surface area contributed by atoms with Crippen molar-refractivity contribution in [2.24, 2.45) is 0 Å². The Morgan fingerprint density at radius 3 is 2.45 bits per heavy atom. The standard InChI is InChI=1S/C25H32N2O2/c1-25(2)17-22(21-9-5-6-10-23(21)29-25)26-24(28)20-13-11-19(12-14-20)18-27-15-7-3-4-8-16-27/h5-6,9-14,22H,3-4,7-8,15-18H2,1-2H3,(H,26,28)/t22-/m1/s1. The minimum absolute atomic E-state index is 0.0242. The second-order valence-electron chi connectivity index (χ2n) is 9.02. The Labute approximate surface area is 174 Å². The smallest absolute Gasteiger partial charge is 0.251 e. The van der Waals surface area contributed by atoms with Gasteiger partial charge in [-0.05, 0) is 63.5 Å².